The van der Waals surface area contributed by atoms with Crippen LogP contribution >= 0.6 is 23.5 Å². The highest BCUT2D eigenvalue weighted by Gasteiger charge is 1.91. The van der Waals surface area contributed by atoms with Crippen molar-refractivity contribution in [3.8, 4) is 0 Å². The minimum Gasteiger partial charge on any atom is -0.317 e. The number of hydrogen-bond acceptors (Lipinski definition) is 3. The molecule has 0 aromatic rings. The van der Waals surface area contributed by atoms with Crippen molar-refractivity contribution >= 4 is 23.5 Å². The molecule has 0 spiro atoms. The van der Waals surface area contributed by atoms with Gasteiger partial charge >= 0.3 is 0 Å². The van der Waals surface area contributed by atoms with E-state index < -0.39 is 0 Å². The molecule has 0 rings (SSSR count). The molecule has 0 radical (unpaired) electrons. The molecule has 0 aromatic carbocycles. The molecule has 0 saturated carbocycles. The molecule has 0 aliphatic rings. The maximum atomic E-state index is 3.52. The number of rotatable bonds is 12. The summed E-state index contributed by atoms with van der Waals surface area (Å²) in [4.78, 5) is 0. The van der Waals surface area contributed by atoms with Gasteiger partial charge in [0.15, 0.2) is 0 Å². The van der Waals surface area contributed by atoms with Gasteiger partial charge in [0.2, 0.25) is 0 Å². The Morgan fingerprint density at radius 1 is 0.667 bits per heavy atom. The van der Waals surface area contributed by atoms with E-state index in [0.717, 1.165) is 0 Å². The first-order chi connectivity index (χ1) is 7.41. The second kappa shape index (κ2) is 14.7. The summed E-state index contributed by atoms with van der Waals surface area (Å²) in [5, 5.41) is 3.52. The molecule has 0 aliphatic heterocycles. The van der Waals surface area contributed by atoms with Crippen LogP contribution in [0.5, 0.6) is 0 Å². The van der Waals surface area contributed by atoms with Gasteiger partial charge in [-0.15, -0.1) is 0 Å². The summed E-state index contributed by atoms with van der Waals surface area (Å²) in [5.41, 5.74) is 0. The third kappa shape index (κ3) is 14.7. The van der Waals surface area contributed by atoms with Crippen LogP contribution in [-0.2, 0) is 0 Å². The summed E-state index contributed by atoms with van der Waals surface area (Å²) in [5.74, 6) is 2.65. The van der Waals surface area contributed by atoms with Crippen LogP contribution < -0.4 is 5.32 Å². The van der Waals surface area contributed by atoms with Gasteiger partial charge in [-0.05, 0) is 62.8 Å². The smallest absolute Gasteiger partial charge is 0.00486 e. The van der Waals surface area contributed by atoms with Crippen molar-refractivity contribution in [2.75, 3.05) is 37.1 Å². The molecule has 0 heterocycles. The van der Waals surface area contributed by atoms with E-state index in [4.69, 9.17) is 0 Å². The molecule has 1 nitrogen and oxygen atoms in total. The Bertz CT molecular complexity index is 97.8. The summed E-state index contributed by atoms with van der Waals surface area (Å²) in [6.45, 7) is 2.43. The minimum atomic E-state index is 1.21. The highest BCUT2D eigenvalue weighted by molar-refractivity contribution is 7.98. The van der Waals surface area contributed by atoms with E-state index in [1.807, 2.05) is 23.5 Å². The van der Waals surface area contributed by atoms with Gasteiger partial charge in [0, 0.05) is 0 Å². The topological polar surface area (TPSA) is 12.0 Å². The predicted octanol–water partition coefficient (Wildman–Crippen LogP) is 3.64. The Kier molecular flexibility index (Phi) is 15.3. The average Bonchev–Trinajstić information content (AvgIpc) is 2.26. The van der Waals surface area contributed by atoms with Crippen LogP contribution in [0.1, 0.15) is 38.5 Å². The van der Waals surface area contributed by atoms with Crippen molar-refractivity contribution in [2.45, 2.75) is 38.5 Å². The van der Waals surface area contributed by atoms with Crippen molar-refractivity contribution in [1.29, 1.82) is 0 Å². The molecule has 0 fully saturated rings. The molecular weight excluding hydrogens is 222 g/mol. The van der Waals surface area contributed by atoms with Crippen LogP contribution in [0.25, 0.3) is 0 Å². The molecular formula is C12H27NS2. The van der Waals surface area contributed by atoms with Crippen molar-refractivity contribution < 1.29 is 0 Å². The molecule has 0 aromatic heterocycles. The fraction of sp³-hybridized carbons (Fsp3) is 1.00. The van der Waals surface area contributed by atoms with Gasteiger partial charge in [-0.1, -0.05) is 12.8 Å². The second-order valence-corrected chi connectivity index (χ2v) is 5.83. The van der Waals surface area contributed by atoms with Gasteiger partial charge in [-0.3, -0.25) is 0 Å². The molecule has 15 heavy (non-hydrogen) atoms. The zero-order valence-corrected chi connectivity index (χ0v) is 12.0. The van der Waals surface area contributed by atoms with Crippen molar-refractivity contribution in [3.63, 3.8) is 0 Å². The highest BCUT2D eigenvalue weighted by atomic mass is 32.2. The Hall–Kier alpha value is 0.660. The number of nitrogens with one attached hydrogen (secondary N) is 1. The standard InChI is InChI=1S/C12H27NS2/c1-14-11-7-4-3-5-9-13-10-6-8-12-15-2/h13H,3-12H2,1-2H3. The molecule has 0 aliphatic carbocycles. The Balaban J connectivity index is 2.81. The monoisotopic (exact) mass is 249 g/mol. The lowest BCUT2D eigenvalue weighted by molar-refractivity contribution is 0.584. The molecule has 0 atom stereocenters. The third-order valence-electron chi connectivity index (χ3n) is 2.40. The number of hydrogen-bond donors (Lipinski definition) is 1. The van der Waals surface area contributed by atoms with Gasteiger partial charge < -0.3 is 5.32 Å². The number of unbranched alkanes of at least 4 members (excludes halogenated alkanes) is 4. The van der Waals surface area contributed by atoms with Crippen LogP contribution in [0.2, 0.25) is 0 Å². The summed E-state index contributed by atoms with van der Waals surface area (Å²) in [6, 6.07) is 0. The van der Waals surface area contributed by atoms with E-state index in [1.54, 1.807) is 0 Å². The first-order valence-corrected chi connectivity index (χ1v) is 8.89. The molecule has 1 N–H and O–H groups in total. The Labute approximate surface area is 105 Å². The van der Waals surface area contributed by atoms with E-state index in [0.29, 0.717) is 0 Å². The fourth-order valence-corrected chi connectivity index (χ4v) is 2.46. The second-order valence-electron chi connectivity index (χ2n) is 3.86. The number of thioether (sulfide) groups is 2. The van der Waals surface area contributed by atoms with Crippen LogP contribution in [0, 0.1) is 0 Å². The van der Waals surface area contributed by atoms with Crippen LogP contribution in [-0.4, -0.2) is 37.1 Å². The maximum Gasteiger partial charge on any atom is -0.00486 e. The zero-order chi connectivity index (χ0) is 11.2. The molecule has 0 unspecified atom stereocenters. The lowest BCUT2D eigenvalue weighted by Gasteiger charge is -2.04. The van der Waals surface area contributed by atoms with E-state index in [1.165, 1.54) is 63.1 Å². The van der Waals surface area contributed by atoms with Gasteiger partial charge in [0.05, 0.1) is 0 Å². The van der Waals surface area contributed by atoms with E-state index >= 15 is 0 Å². The molecule has 0 saturated heterocycles. The van der Waals surface area contributed by atoms with Crippen molar-refractivity contribution in [2.24, 2.45) is 0 Å². The minimum absolute atomic E-state index is 1.21. The molecule has 92 valence electrons. The zero-order valence-electron chi connectivity index (χ0n) is 10.4. The van der Waals surface area contributed by atoms with Gasteiger partial charge in [0.25, 0.3) is 0 Å². The average molecular weight is 249 g/mol. The maximum absolute atomic E-state index is 3.52. The SMILES string of the molecule is CSCCCCCCNCCCCSC. The summed E-state index contributed by atoms with van der Waals surface area (Å²) in [7, 11) is 0. The molecule has 3 heteroatoms. The summed E-state index contributed by atoms with van der Waals surface area (Å²) in [6.07, 6.45) is 12.6. The van der Waals surface area contributed by atoms with Gasteiger partial charge in [0.1, 0.15) is 0 Å². The predicted molar refractivity (Wildman–Crippen MR) is 77.3 cm³/mol. The summed E-state index contributed by atoms with van der Waals surface area (Å²) < 4.78 is 0. The van der Waals surface area contributed by atoms with E-state index in [2.05, 4.69) is 17.8 Å². The Morgan fingerprint density at radius 3 is 1.73 bits per heavy atom. The van der Waals surface area contributed by atoms with Gasteiger partial charge in [-0.2, -0.15) is 23.5 Å². The van der Waals surface area contributed by atoms with Gasteiger partial charge in [-0.25, -0.2) is 0 Å². The lowest BCUT2D eigenvalue weighted by atomic mass is 10.2. The van der Waals surface area contributed by atoms with Crippen LogP contribution in [0.15, 0.2) is 0 Å². The lowest BCUT2D eigenvalue weighted by Crippen LogP contribution is -2.16. The van der Waals surface area contributed by atoms with Crippen LogP contribution in [0.4, 0.5) is 0 Å². The highest BCUT2D eigenvalue weighted by Crippen LogP contribution is 2.04. The normalized spacial score (nSPS) is 10.8. The third-order valence-corrected chi connectivity index (χ3v) is 3.80. The van der Waals surface area contributed by atoms with Crippen molar-refractivity contribution in [3.05, 3.63) is 0 Å². The quantitative estimate of drug-likeness (QED) is 0.530. The van der Waals surface area contributed by atoms with Crippen molar-refractivity contribution in [1.82, 2.24) is 5.32 Å². The first-order valence-electron chi connectivity index (χ1n) is 6.10. The summed E-state index contributed by atoms with van der Waals surface area (Å²) >= 11 is 3.91. The Morgan fingerprint density at radius 2 is 1.13 bits per heavy atom. The molecule has 0 amide bonds. The fourth-order valence-electron chi connectivity index (χ4n) is 1.47. The molecule has 0 bridgehead atoms. The largest absolute Gasteiger partial charge is 0.317 e. The van der Waals surface area contributed by atoms with E-state index in [-0.39, 0.29) is 0 Å². The van der Waals surface area contributed by atoms with E-state index in [9.17, 15) is 0 Å². The van der Waals surface area contributed by atoms with Crippen LogP contribution in [0.3, 0.4) is 0 Å². The first kappa shape index (κ1) is 15.7.